The Morgan fingerprint density at radius 3 is 2.12 bits per heavy atom. The van der Waals surface area contributed by atoms with Gasteiger partial charge in [0.15, 0.2) is 0 Å². The van der Waals surface area contributed by atoms with Gasteiger partial charge in [-0.3, -0.25) is 0 Å². The smallest absolute Gasteiger partial charge is 0.0494 e. The van der Waals surface area contributed by atoms with Crippen molar-refractivity contribution >= 4 is 0 Å². The summed E-state index contributed by atoms with van der Waals surface area (Å²) < 4.78 is 5.74. The van der Waals surface area contributed by atoms with E-state index in [1.165, 1.54) is 19.3 Å². The number of hydrogen-bond donors (Lipinski definition) is 1. The van der Waals surface area contributed by atoms with Crippen LogP contribution >= 0.6 is 0 Å². The van der Waals surface area contributed by atoms with Crippen LogP contribution in [-0.4, -0.2) is 24.9 Å². The van der Waals surface area contributed by atoms with E-state index in [1.807, 2.05) is 0 Å². The lowest BCUT2D eigenvalue weighted by Gasteiger charge is -2.16. The van der Waals surface area contributed by atoms with E-state index in [1.54, 1.807) is 0 Å². The van der Waals surface area contributed by atoms with Gasteiger partial charge in [-0.25, -0.2) is 0 Å². The topological polar surface area (TPSA) is 29.5 Å². The summed E-state index contributed by atoms with van der Waals surface area (Å²) in [6.45, 7) is 8.75. The summed E-state index contributed by atoms with van der Waals surface area (Å²) in [6.07, 6.45) is 6.93. The molecule has 98 valence electrons. The Hall–Kier alpha value is -0.0800. The summed E-state index contributed by atoms with van der Waals surface area (Å²) in [4.78, 5) is 0. The van der Waals surface area contributed by atoms with Crippen LogP contribution in [0, 0.1) is 11.8 Å². The second-order valence-corrected chi connectivity index (χ2v) is 4.71. The fraction of sp³-hybridized carbons (Fsp3) is 1.00. The molecule has 0 aromatic heterocycles. The molecule has 2 atom stereocenters. The van der Waals surface area contributed by atoms with Crippen LogP contribution in [0.3, 0.4) is 0 Å². The fourth-order valence-electron chi connectivity index (χ4n) is 2.05. The van der Waals surface area contributed by atoms with Crippen LogP contribution in [0.15, 0.2) is 0 Å². The van der Waals surface area contributed by atoms with E-state index in [0.717, 1.165) is 38.4 Å². The van der Waals surface area contributed by atoms with Crippen molar-refractivity contribution in [1.82, 2.24) is 0 Å². The minimum atomic E-state index is 0.311. The van der Waals surface area contributed by atoms with E-state index >= 15 is 0 Å². The molecule has 0 radical (unpaired) electrons. The Kier molecular flexibility index (Phi) is 11.3. The molecule has 0 aliphatic rings. The molecular formula is C14H30O2. The average Bonchev–Trinajstić information content (AvgIpc) is 2.31. The number of aliphatic hydroxyl groups is 1. The van der Waals surface area contributed by atoms with Gasteiger partial charge in [0.1, 0.15) is 0 Å². The molecule has 0 aromatic rings. The van der Waals surface area contributed by atoms with Crippen molar-refractivity contribution < 1.29 is 9.84 Å². The molecule has 2 unspecified atom stereocenters. The van der Waals surface area contributed by atoms with E-state index in [2.05, 4.69) is 20.8 Å². The van der Waals surface area contributed by atoms with E-state index < -0.39 is 0 Å². The van der Waals surface area contributed by atoms with Crippen LogP contribution in [0.2, 0.25) is 0 Å². The molecule has 0 aliphatic carbocycles. The lowest BCUT2D eigenvalue weighted by atomic mass is 9.99. The first kappa shape index (κ1) is 15.9. The van der Waals surface area contributed by atoms with Crippen LogP contribution in [0.25, 0.3) is 0 Å². The standard InChI is InChI=1S/C14H30O2/c1-4-7-14(6-3)12-16-11-9-13(5-2)8-10-15/h13-15H,4-12H2,1-3H3. The van der Waals surface area contributed by atoms with Crippen LogP contribution in [0.4, 0.5) is 0 Å². The maximum absolute atomic E-state index is 8.88. The predicted molar refractivity (Wildman–Crippen MR) is 69.6 cm³/mol. The molecule has 0 aromatic carbocycles. The maximum atomic E-state index is 8.88. The zero-order valence-corrected chi connectivity index (χ0v) is 11.4. The first-order chi connectivity index (χ1) is 7.78. The first-order valence-corrected chi connectivity index (χ1v) is 6.96. The summed E-state index contributed by atoms with van der Waals surface area (Å²) in [7, 11) is 0. The van der Waals surface area contributed by atoms with Crippen molar-refractivity contribution in [2.75, 3.05) is 19.8 Å². The highest BCUT2D eigenvalue weighted by Crippen LogP contribution is 2.14. The molecule has 16 heavy (non-hydrogen) atoms. The Bertz CT molecular complexity index is 121. The average molecular weight is 230 g/mol. The minimum Gasteiger partial charge on any atom is -0.396 e. The monoisotopic (exact) mass is 230 g/mol. The van der Waals surface area contributed by atoms with Crippen molar-refractivity contribution in [3.8, 4) is 0 Å². The van der Waals surface area contributed by atoms with Gasteiger partial charge in [0.05, 0.1) is 0 Å². The Balaban J connectivity index is 3.48. The van der Waals surface area contributed by atoms with Gasteiger partial charge in [0.25, 0.3) is 0 Å². The maximum Gasteiger partial charge on any atom is 0.0494 e. The third-order valence-electron chi connectivity index (χ3n) is 3.41. The van der Waals surface area contributed by atoms with Crippen LogP contribution < -0.4 is 0 Å². The van der Waals surface area contributed by atoms with Crippen molar-refractivity contribution in [3.63, 3.8) is 0 Å². The minimum absolute atomic E-state index is 0.311. The zero-order valence-electron chi connectivity index (χ0n) is 11.4. The first-order valence-electron chi connectivity index (χ1n) is 6.96. The summed E-state index contributed by atoms with van der Waals surface area (Å²) in [5.41, 5.74) is 0. The highest BCUT2D eigenvalue weighted by molar-refractivity contribution is 4.58. The zero-order chi connectivity index (χ0) is 12.2. The van der Waals surface area contributed by atoms with Gasteiger partial charge in [-0.1, -0.05) is 40.0 Å². The van der Waals surface area contributed by atoms with Crippen molar-refractivity contribution in [1.29, 1.82) is 0 Å². The second kappa shape index (κ2) is 11.4. The number of ether oxygens (including phenoxy) is 1. The molecule has 0 aliphatic heterocycles. The third kappa shape index (κ3) is 8.12. The molecule has 0 rings (SSSR count). The van der Waals surface area contributed by atoms with Crippen LogP contribution in [0.1, 0.15) is 59.3 Å². The molecule has 2 heteroatoms. The highest BCUT2D eigenvalue weighted by atomic mass is 16.5. The van der Waals surface area contributed by atoms with Gasteiger partial charge in [-0.2, -0.15) is 0 Å². The number of rotatable bonds is 11. The van der Waals surface area contributed by atoms with Gasteiger partial charge >= 0.3 is 0 Å². The van der Waals surface area contributed by atoms with E-state index in [-0.39, 0.29) is 0 Å². The molecule has 0 fully saturated rings. The van der Waals surface area contributed by atoms with Gasteiger partial charge < -0.3 is 9.84 Å². The third-order valence-corrected chi connectivity index (χ3v) is 3.41. The van der Waals surface area contributed by atoms with Crippen molar-refractivity contribution in [3.05, 3.63) is 0 Å². The molecular weight excluding hydrogens is 200 g/mol. The summed E-state index contributed by atoms with van der Waals surface area (Å²) in [5, 5.41) is 8.88. The van der Waals surface area contributed by atoms with E-state index in [0.29, 0.717) is 12.5 Å². The van der Waals surface area contributed by atoms with Gasteiger partial charge in [0, 0.05) is 19.8 Å². The van der Waals surface area contributed by atoms with E-state index in [4.69, 9.17) is 9.84 Å². The Morgan fingerprint density at radius 2 is 1.62 bits per heavy atom. The molecule has 2 nitrogen and oxygen atoms in total. The number of hydrogen-bond acceptors (Lipinski definition) is 2. The normalized spacial score (nSPS) is 15.0. The number of aliphatic hydroxyl groups excluding tert-OH is 1. The van der Waals surface area contributed by atoms with Crippen molar-refractivity contribution in [2.45, 2.75) is 59.3 Å². The van der Waals surface area contributed by atoms with Gasteiger partial charge in [0.2, 0.25) is 0 Å². The van der Waals surface area contributed by atoms with Crippen molar-refractivity contribution in [2.24, 2.45) is 11.8 Å². The largest absolute Gasteiger partial charge is 0.396 e. The molecule has 0 spiro atoms. The molecule has 0 saturated heterocycles. The lowest BCUT2D eigenvalue weighted by molar-refractivity contribution is 0.0807. The molecule has 1 N–H and O–H groups in total. The summed E-state index contributed by atoms with van der Waals surface area (Å²) in [6, 6.07) is 0. The summed E-state index contributed by atoms with van der Waals surface area (Å²) in [5.74, 6) is 1.37. The summed E-state index contributed by atoms with van der Waals surface area (Å²) >= 11 is 0. The lowest BCUT2D eigenvalue weighted by Crippen LogP contribution is -2.12. The Labute approximate surface area is 101 Å². The SMILES string of the molecule is CCCC(CC)COCCC(CC)CCO. The molecule has 0 saturated carbocycles. The van der Waals surface area contributed by atoms with E-state index in [9.17, 15) is 0 Å². The van der Waals surface area contributed by atoms with Crippen LogP contribution in [0.5, 0.6) is 0 Å². The Morgan fingerprint density at radius 1 is 0.938 bits per heavy atom. The molecule has 0 amide bonds. The quantitative estimate of drug-likeness (QED) is 0.549. The molecule has 0 bridgehead atoms. The van der Waals surface area contributed by atoms with Crippen LogP contribution in [-0.2, 0) is 4.74 Å². The van der Waals surface area contributed by atoms with Gasteiger partial charge in [-0.15, -0.1) is 0 Å². The molecule has 0 heterocycles. The second-order valence-electron chi connectivity index (χ2n) is 4.71. The van der Waals surface area contributed by atoms with Gasteiger partial charge in [-0.05, 0) is 31.1 Å². The highest BCUT2D eigenvalue weighted by Gasteiger charge is 2.07. The fourth-order valence-corrected chi connectivity index (χ4v) is 2.05. The predicted octanol–water partition coefficient (Wildman–Crippen LogP) is 3.63.